The molecule has 0 spiro atoms. The highest BCUT2D eigenvalue weighted by Crippen LogP contribution is 2.22. The van der Waals surface area contributed by atoms with Crippen molar-refractivity contribution in [1.82, 2.24) is 0 Å². The Hall–Kier alpha value is -3.61. The van der Waals surface area contributed by atoms with Crippen LogP contribution in [0.2, 0.25) is 0 Å². The van der Waals surface area contributed by atoms with Crippen molar-refractivity contribution in [3.63, 3.8) is 0 Å². The van der Waals surface area contributed by atoms with E-state index in [4.69, 9.17) is 9.15 Å². The number of anilines is 2. The Morgan fingerprint density at radius 1 is 1.04 bits per heavy atom. The Kier molecular flexibility index (Phi) is 5.21. The summed E-state index contributed by atoms with van der Waals surface area (Å²) in [5, 5.41) is 5.15. The lowest BCUT2D eigenvalue weighted by atomic mass is 10.2. The molecule has 2 N–H and O–H groups in total. The molecule has 0 bridgehead atoms. The van der Waals surface area contributed by atoms with Crippen LogP contribution >= 0.6 is 0 Å². The number of furan rings is 1. The zero-order valence-corrected chi connectivity index (χ0v) is 14.7. The molecule has 0 saturated heterocycles. The van der Waals surface area contributed by atoms with Gasteiger partial charge in [-0.05, 0) is 49.4 Å². The van der Waals surface area contributed by atoms with Gasteiger partial charge in [-0.3, -0.25) is 9.59 Å². The molecular formula is C20H17FN2O4. The summed E-state index contributed by atoms with van der Waals surface area (Å²) in [6.07, 6.45) is 1.38. The van der Waals surface area contributed by atoms with E-state index in [2.05, 4.69) is 10.6 Å². The van der Waals surface area contributed by atoms with Crippen molar-refractivity contribution in [3.05, 3.63) is 77.5 Å². The molecule has 0 radical (unpaired) electrons. The Morgan fingerprint density at radius 3 is 2.56 bits per heavy atom. The number of benzene rings is 2. The van der Waals surface area contributed by atoms with E-state index in [-0.39, 0.29) is 11.6 Å². The molecule has 27 heavy (non-hydrogen) atoms. The molecule has 6 nitrogen and oxygen atoms in total. The molecule has 138 valence electrons. The van der Waals surface area contributed by atoms with Gasteiger partial charge in [-0.2, -0.15) is 0 Å². The molecule has 2 amide bonds. The van der Waals surface area contributed by atoms with Crippen molar-refractivity contribution in [3.8, 4) is 5.75 Å². The number of rotatable bonds is 5. The predicted molar refractivity (Wildman–Crippen MR) is 98.7 cm³/mol. The molecular weight excluding hydrogens is 351 g/mol. The number of aryl methyl sites for hydroxylation is 1. The average molecular weight is 368 g/mol. The van der Waals surface area contributed by atoms with Crippen LogP contribution < -0.4 is 15.4 Å². The number of halogens is 1. The lowest BCUT2D eigenvalue weighted by Gasteiger charge is -2.10. The molecule has 0 saturated carbocycles. The molecule has 0 aliphatic heterocycles. The summed E-state index contributed by atoms with van der Waals surface area (Å²) in [4.78, 5) is 24.6. The smallest absolute Gasteiger partial charge is 0.259 e. The number of methoxy groups -OCH3 is 1. The summed E-state index contributed by atoms with van der Waals surface area (Å²) in [5.41, 5.74) is 0.978. The largest absolute Gasteiger partial charge is 0.497 e. The molecule has 2 aromatic carbocycles. The van der Waals surface area contributed by atoms with E-state index in [9.17, 15) is 14.0 Å². The van der Waals surface area contributed by atoms with Gasteiger partial charge in [0.25, 0.3) is 11.8 Å². The number of ether oxygens (including phenoxy) is 1. The van der Waals surface area contributed by atoms with Gasteiger partial charge >= 0.3 is 0 Å². The lowest BCUT2D eigenvalue weighted by Crippen LogP contribution is -2.15. The number of carbonyl (C=O) groups excluding carboxylic acids is 2. The van der Waals surface area contributed by atoms with E-state index in [0.717, 1.165) is 0 Å². The van der Waals surface area contributed by atoms with Crippen molar-refractivity contribution in [2.75, 3.05) is 17.7 Å². The topological polar surface area (TPSA) is 80.6 Å². The van der Waals surface area contributed by atoms with Crippen molar-refractivity contribution in [2.24, 2.45) is 0 Å². The number of hydrogen-bond donors (Lipinski definition) is 2. The van der Waals surface area contributed by atoms with Crippen LogP contribution in [0.3, 0.4) is 0 Å². The second kappa shape index (κ2) is 7.74. The normalized spacial score (nSPS) is 10.3. The van der Waals surface area contributed by atoms with Gasteiger partial charge in [-0.15, -0.1) is 0 Å². The van der Waals surface area contributed by atoms with Crippen molar-refractivity contribution in [2.45, 2.75) is 6.92 Å². The Morgan fingerprint density at radius 2 is 1.85 bits per heavy atom. The van der Waals surface area contributed by atoms with Gasteiger partial charge < -0.3 is 19.8 Å². The number of hydrogen-bond acceptors (Lipinski definition) is 4. The van der Waals surface area contributed by atoms with Gasteiger partial charge in [0.05, 0.1) is 24.6 Å². The number of carbonyl (C=O) groups is 2. The maximum Gasteiger partial charge on any atom is 0.259 e. The van der Waals surface area contributed by atoms with Crippen LogP contribution in [0.15, 0.2) is 59.2 Å². The molecule has 7 heteroatoms. The van der Waals surface area contributed by atoms with Crippen LogP contribution in [0.4, 0.5) is 15.8 Å². The van der Waals surface area contributed by atoms with Gasteiger partial charge in [0.2, 0.25) is 0 Å². The van der Waals surface area contributed by atoms with Gasteiger partial charge in [0, 0.05) is 11.3 Å². The van der Waals surface area contributed by atoms with Gasteiger partial charge in [-0.1, -0.05) is 6.07 Å². The van der Waals surface area contributed by atoms with E-state index >= 15 is 0 Å². The van der Waals surface area contributed by atoms with Gasteiger partial charge in [-0.25, -0.2) is 4.39 Å². The predicted octanol–water partition coefficient (Wildman–Crippen LogP) is 4.24. The molecule has 1 heterocycles. The maximum absolute atomic E-state index is 14.1. The standard InChI is InChI=1S/C20H17FN2O4/c1-12-16(8-9-27-12)20(25)23-18-11-14(6-7-17(18)21)22-19(24)13-4-3-5-15(10-13)26-2/h3-11H,1-2H3,(H,22,24)(H,23,25). The first-order valence-electron chi connectivity index (χ1n) is 8.08. The monoisotopic (exact) mass is 368 g/mol. The minimum atomic E-state index is -0.621. The first-order valence-corrected chi connectivity index (χ1v) is 8.08. The second-order valence-corrected chi connectivity index (χ2v) is 5.73. The fourth-order valence-electron chi connectivity index (χ4n) is 2.48. The summed E-state index contributed by atoms with van der Waals surface area (Å²) >= 11 is 0. The third kappa shape index (κ3) is 4.14. The summed E-state index contributed by atoms with van der Waals surface area (Å²) < 4.78 is 24.2. The zero-order valence-electron chi connectivity index (χ0n) is 14.7. The third-order valence-electron chi connectivity index (χ3n) is 3.91. The highest BCUT2D eigenvalue weighted by molar-refractivity contribution is 6.06. The number of nitrogens with one attached hydrogen (secondary N) is 2. The summed E-state index contributed by atoms with van der Waals surface area (Å²) in [5.74, 6) is -0.538. The highest BCUT2D eigenvalue weighted by Gasteiger charge is 2.15. The number of amides is 2. The molecule has 1 aromatic heterocycles. The summed E-state index contributed by atoms with van der Waals surface area (Å²) in [6.45, 7) is 1.63. The van der Waals surface area contributed by atoms with Crippen LogP contribution in [0.5, 0.6) is 5.75 Å². The molecule has 0 atom stereocenters. The van der Waals surface area contributed by atoms with Crippen LogP contribution in [-0.2, 0) is 0 Å². The fourth-order valence-corrected chi connectivity index (χ4v) is 2.48. The first kappa shape index (κ1) is 18.2. The second-order valence-electron chi connectivity index (χ2n) is 5.73. The van der Waals surface area contributed by atoms with Crippen LogP contribution in [0.25, 0.3) is 0 Å². The van der Waals surface area contributed by atoms with Crippen LogP contribution in [-0.4, -0.2) is 18.9 Å². The van der Waals surface area contributed by atoms with Gasteiger partial charge in [0.15, 0.2) is 0 Å². The molecule has 0 aliphatic rings. The molecule has 0 fully saturated rings. The minimum absolute atomic E-state index is 0.0518. The lowest BCUT2D eigenvalue weighted by molar-refractivity contribution is 0.101. The fraction of sp³-hybridized carbons (Fsp3) is 0.100. The summed E-state index contributed by atoms with van der Waals surface area (Å²) in [6, 6.07) is 12.1. The highest BCUT2D eigenvalue weighted by atomic mass is 19.1. The summed E-state index contributed by atoms with van der Waals surface area (Å²) in [7, 11) is 1.51. The minimum Gasteiger partial charge on any atom is -0.497 e. The maximum atomic E-state index is 14.1. The molecule has 0 unspecified atom stereocenters. The molecule has 3 rings (SSSR count). The van der Waals surface area contributed by atoms with Crippen molar-refractivity contribution in [1.29, 1.82) is 0 Å². The first-order chi connectivity index (χ1) is 13.0. The Balaban J connectivity index is 1.77. The third-order valence-corrected chi connectivity index (χ3v) is 3.91. The van der Waals surface area contributed by atoms with Crippen LogP contribution in [0, 0.1) is 12.7 Å². The molecule has 3 aromatic rings. The molecule has 0 aliphatic carbocycles. The van der Waals surface area contributed by atoms with Crippen molar-refractivity contribution >= 4 is 23.2 Å². The van der Waals surface area contributed by atoms with E-state index in [0.29, 0.717) is 28.3 Å². The van der Waals surface area contributed by atoms with E-state index < -0.39 is 11.7 Å². The van der Waals surface area contributed by atoms with E-state index in [1.807, 2.05) is 0 Å². The van der Waals surface area contributed by atoms with Crippen molar-refractivity contribution < 1.29 is 23.1 Å². The average Bonchev–Trinajstić information content (AvgIpc) is 3.10. The van der Waals surface area contributed by atoms with Crippen LogP contribution in [0.1, 0.15) is 26.5 Å². The van der Waals surface area contributed by atoms with E-state index in [1.54, 1.807) is 31.2 Å². The zero-order chi connectivity index (χ0) is 19.4. The Bertz CT molecular complexity index is 997. The Labute approximate surface area is 155 Å². The quantitative estimate of drug-likeness (QED) is 0.706. The van der Waals surface area contributed by atoms with Gasteiger partial charge in [0.1, 0.15) is 17.3 Å². The SMILES string of the molecule is COc1cccc(C(=O)Nc2ccc(F)c(NC(=O)c3ccoc3C)c2)c1. The van der Waals surface area contributed by atoms with E-state index in [1.165, 1.54) is 37.6 Å².